The number of carboxylic acid groups (broad SMARTS) is 1. The Balaban J connectivity index is 1.80. The number of fused-ring (bicyclic) bond motifs is 1. The first kappa shape index (κ1) is 16.4. The largest absolute Gasteiger partial charge is 0.480 e. The van der Waals surface area contributed by atoms with Crippen molar-refractivity contribution >= 4 is 29.7 Å². The fraction of sp³-hybridized carbons (Fsp3) is 0.667. The van der Waals surface area contributed by atoms with Crippen LogP contribution in [0.25, 0.3) is 0 Å². The van der Waals surface area contributed by atoms with Crippen molar-refractivity contribution in [2.45, 2.75) is 44.2 Å². The molecule has 1 saturated carbocycles. The molecule has 9 heteroatoms. The second-order valence-electron chi connectivity index (χ2n) is 6.54. The van der Waals surface area contributed by atoms with Crippen LogP contribution in [0.4, 0.5) is 4.79 Å². The van der Waals surface area contributed by atoms with E-state index < -0.39 is 42.3 Å². The van der Waals surface area contributed by atoms with Gasteiger partial charge in [0.05, 0.1) is 0 Å². The van der Waals surface area contributed by atoms with Crippen molar-refractivity contribution in [1.82, 2.24) is 14.7 Å². The third kappa shape index (κ3) is 2.44. The minimum atomic E-state index is -1.08. The van der Waals surface area contributed by atoms with Crippen molar-refractivity contribution in [2.24, 2.45) is 5.92 Å². The number of imide groups is 2. The second-order valence-corrected chi connectivity index (χ2v) is 6.54. The van der Waals surface area contributed by atoms with Gasteiger partial charge in [0.1, 0.15) is 12.6 Å². The van der Waals surface area contributed by atoms with Gasteiger partial charge in [0, 0.05) is 13.1 Å². The van der Waals surface area contributed by atoms with E-state index in [1.807, 2.05) is 0 Å². The van der Waals surface area contributed by atoms with E-state index in [0.717, 1.165) is 25.7 Å². The van der Waals surface area contributed by atoms with E-state index in [1.54, 1.807) is 0 Å². The molecule has 2 aliphatic heterocycles. The van der Waals surface area contributed by atoms with Crippen LogP contribution in [0.5, 0.6) is 0 Å². The summed E-state index contributed by atoms with van der Waals surface area (Å²) in [6, 6.07) is -1.97. The molecule has 3 fully saturated rings. The van der Waals surface area contributed by atoms with Gasteiger partial charge < -0.3 is 10.0 Å². The van der Waals surface area contributed by atoms with Crippen LogP contribution < -0.4 is 0 Å². The zero-order chi connectivity index (χ0) is 17.6. The standard InChI is InChI=1S/C15H19N3O6/c1-16-12(20)13(21)17(15(16)24)7-11(19)18-9-5-3-2-4-8(9)6-10(18)14(22)23/h8-10H,2-7H2,1H3,(H,22,23). The molecule has 1 N–H and O–H groups in total. The lowest BCUT2D eigenvalue weighted by molar-refractivity contribution is -0.151. The van der Waals surface area contributed by atoms with Gasteiger partial charge in [-0.1, -0.05) is 12.8 Å². The maximum absolute atomic E-state index is 12.7. The molecular weight excluding hydrogens is 318 g/mol. The summed E-state index contributed by atoms with van der Waals surface area (Å²) in [4.78, 5) is 62.0. The van der Waals surface area contributed by atoms with Crippen LogP contribution in [-0.2, 0) is 19.2 Å². The molecule has 2 heterocycles. The lowest BCUT2D eigenvalue weighted by atomic mass is 9.85. The molecule has 3 atom stereocenters. The average Bonchev–Trinajstić information content (AvgIpc) is 3.03. The maximum atomic E-state index is 12.7. The number of hydrogen-bond acceptors (Lipinski definition) is 5. The molecule has 2 saturated heterocycles. The number of amides is 5. The first-order chi connectivity index (χ1) is 11.3. The smallest absolute Gasteiger partial charge is 0.334 e. The van der Waals surface area contributed by atoms with Crippen LogP contribution in [0.15, 0.2) is 0 Å². The van der Waals surface area contributed by atoms with Gasteiger partial charge in [-0.15, -0.1) is 0 Å². The molecule has 130 valence electrons. The van der Waals surface area contributed by atoms with Crippen LogP contribution in [0.1, 0.15) is 32.1 Å². The van der Waals surface area contributed by atoms with E-state index in [0.29, 0.717) is 16.2 Å². The third-order valence-electron chi connectivity index (χ3n) is 5.21. The van der Waals surface area contributed by atoms with E-state index in [4.69, 9.17) is 0 Å². The zero-order valence-electron chi connectivity index (χ0n) is 13.3. The van der Waals surface area contributed by atoms with Crippen LogP contribution >= 0.6 is 0 Å². The number of likely N-dealkylation sites (N-methyl/N-ethyl adjacent to an activating group) is 1. The predicted molar refractivity (Wildman–Crippen MR) is 78.5 cm³/mol. The summed E-state index contributed by atoms with van der Waals surface area (Å²) in [5.41, 5.74) is 0. The number of carbonyl (C=O) groups is 5. The van der Waals surface area contributed by atoms with Gasteiger partial charge in [-0.3, -0.25) is 19.3 Å². The Bertz CT molecular complexity index is 633. The van der Waals surface area contributed by atoms with Crippen LogP contribution in [0, 0.1) is 5.92 Å². The van der Waals surface area contributed by atoms with Crippen LogP contribution in [-0.4, -0.2) is 75.2 Å². The molecule has 1 aliphatic carbocycles. The quantitative estimate of drug-likeness (QED) is 0.556. The first-order valence-electron chi connectivity index (χ1n) is 8.00. The number of urea groups is 1. The van der Waals surface area contributed by atoms with Gasteiger partial charge in [-0.2, -0.15) is 0 Å². The normalized spacial score (nSPS) is 30.1. The number of carbonyl (C=O) groups excluding carboxylic acids is 4. The minimum Gasteiger partial charge on any atom is -0.480 e. The Labute approximate surface area is 138 Å². The molecule has 0 bridgehead atoms. The fourth-order valence-electron chi connectivity index (χ4n) is 4.01. The van der Waals surface area contributed by atoms with Gasteiger partial charge in [-0.25, -0.2) is 14.5 Å². The molecule has 3 unspecified atom stereocenters. The molecule has 0 aromatic heterocycles. The molecule has 0 radical (unpaired) electrons. The lowest BCUT2D eigenvalue weighted by Gasteiger charge is -2.33. The van der Waals surface area contributed by atoms with Gasteiger partial charge in [0.2, 0.25) is 5.91 Å². The second kappa shape index (κ2) is 5.88. The topological polar surface area (TPSA) is 115 Å². The van der Waals surface area contributed by atoms with Crippen molar-refractivity contribution < 1.29 is 29.1 Å². The van der Waals surface area contributed by atoms with E-state index >= 15 is 0 Å². The molecular formula is C15H19N3O6. The Morgan fingerprint density at radius 1 is 1.12 bits per heavy atom. The summed E-state index contributed by atoms with van der Waals surface area (Å²) in [6.45, 7) is -0.596. The molecule has 9 nitrogen and oxygen atoms in total. The Hall–Kier alpha value is -2.45. The van der Waals surface area contributed by atoms with E-state index in [2.05, 4.69) is 0 Å². The number of nitrogens with zero attached hydrogens (tertiary/aromatic N) is 3. The predicted octanol–water partition coefficient (Wildman–Crippen LogP) is -0.349. The van der Waals surface area contributed by atoms with E-state index in [1.165, 1.54) is 11.9 Å². The Morgan fingerprint density at radius 2 is 1.79 bits per heavy atom. The highest BCUT2D eigenvalue weighted by molar-refractivity contribution is 6.44. The Kier molecular flexibility index (Phi) is 4.02. The highest BCUT2D eigenvalue weighted by atomic mass is 16.4. The van der Waals surface area contributed by atoms with Crippen LogP contribution in [0.3, 0.4) is 0 Å². The molecule has 3 rings (SSSR count). The van der Waals surface area contributed by atoms with Crippen molar-refractivity contribution in [3.8, 4) is 0 Å². The molecule has 0 aromatic carbocycles. The molecule has 5 amide bonds. The summed E-state index contributed by atoms with van der Waals surface area (Å²) < 4.78 is 0. The van der Waals surface area contributed by atoms with E-state index in [9.17, 15) is 29.1 Å². The first-order valence-corrected chi connectivity index (χ1v) is 8.00. The van der Waals surface area contributed by atoms with Crippen LogP contribution in [0.2, 0.25) is 0 Å². The summed E-state index contributed by atoms with van der Waals surface area (Å²) in [5, 5.41) is 9.42. The minimum absolute atomic E-state index is 0.137. The van der Waals surface area contributed by atoms with Gasteiger partial charge in [0.15, 0.2) is 0 Å². The summed E-state index contributed by atoms with van der Waals surface area (Å²) in [7, 11) is 1.17. The number of likely N-dealkylation sites (tertiary alicyclic amines) is 1. The maximum Gasteiger partial charge on any atom is 0.334 e. The summed E-state index contributed by atoms with van der Waals surface area (Å²) in [5.74, 6) is -3.58. The molecule has 3 aliphatic rings. The number of rotatable bonds is 3. The monoisotopic (exact) mass is 337 g/mol. The Morgan fingerprint density at radius 3 is 2.38 bits per heavy atom. The van der Waals surface area contributed by atoms with E-state index in [-0.39, 0.29) is 12.0 Å². The van der Waals surface area contributed by atoms with Gasteiger partial charge in [-0.05, 0) is 25.2 Å². The summed E-state index contributed by atoms with van der Waals surface area (Å²) in [6.07, 6.45) is 3.92. The summed E-state index contributed by atoms with van der Waals surface area (Å²) >= 11 is 0. The SMILES string of the molecule is CN1C(=O)C(=O)N(CC(=O)N2C(C(=O)O)CC3CCCCC32)C1=O. The number of aliphatic carboxylic acids is 1. The van der Waals surface area contributed by atoms with Crippen molar-refractivity contribution in [3.05, 3.63) is 0 Å². The number of carboxylic acids is 1. The van der Waals surface area contributed by atoms with Gasteiger partial charge >= 0.3 is 23.8 Å². The van der Waals surface area contributed by atoms with Gasteiger partial charge in [0.25, 0.3) is 0 Å². The fourth-order valence-corrected chi connectivity index (χ4v) is 4.01. The highest BCUT2D eigenvalue weighted by Gasteiger charge is 2.50. The molecule has 0 spiro atoms. The molecule has 24 heavy (non-hydrogen) atoms. The van der Waals surface area contributed by atoms with Crippen molar-refractivity contribution in [1.29, 1.82) is 0 Å². The third-order valence-corrected chi connectivity index (χ3v) is 5.21. The van der Waals surface area contributed by atoms with Crippen molar-refractivity contribution in [2.75, 3.05) is 13.6 Å². The highest BCUT2D eigenvalue weighted by Crippen LogP contribution is 2.40. The number of hydrogen-bond donors (Lipinski definition) is 1. The van der Waals surface area contributed by atoms with Crippen molar-refractivity contribution in [3.63, 3.8) is 0 Å². The average molecular weight is 337 g/mol. The zero-order valence-corrected chi connectivity index (χ0v) is 13.3. The lowest BCUT2D eigenvalue weighted by Crippen LogP contribution is -2.51. The molecule has 0 aromatic rings.